The van der Waals surface area contributed by atoms with Crippen LogP contribution in [0.25, 0.3) is 0 Å². The number of cyclic esters (lactones) is 1. The molecule has 0 aliphatic carbocycles. The molecular weight excluding hydrogens is 509 g/mol. The van der Waals surface area contributed by atoms with Crippen LogP contribution < -0.4 is 8.85 Å². The third-order valence-electron chi connectivity index (χ3n) is 9.29. The number of hydrogen-bond acceptors (Lipinski definition) is 5. The van der Waals surface area contributed by atoms with Crippen molar-refractivity contribution in [3.05, 3.63) is 22.8 Å². The van der Waals surface area contributed by atoms with Gasteiger partial charge in [-0.2, -0.15) is 0 Å². The zero-order valence-electron chi connectivity index (χ0n) is 26.5. The molecule has 1 aromatic carbocycles. The first-order valence-corrected chi connectivity index (χ1v) is 19.0. The summed E-state index contributed by atoms with van der Waals surface area (Å²) in [4.78, 5) is 25.2. The van der Waals surface area contributed by atoms with E-state index in [4.69, 9.17) is 13.6 Å². The van der Waals surface area contributed by atoms with Crippen LogP contribution in [0.15, 0.2) is 6.07 Å². The molecule has 0 saturated heterocycles. The van der Waals surface area contributed by atoms with Crippen molar-refractivity contribution in [2.24, 2.45) is 5.92 Å². The molecular formula is C31H54O5Si2. The first kappa shape index (κ1) is 32.6. The van der Waals surface area contributed by atoms with Crippen LogP contribution in [0.4, 0.5) is 0 Å². The van der Waals surface area contributed by atoms with Gasteiger partial charge in [0.15, 0.2) is 0 Å². The zero-order valence-corrected chi connectivity index (χ0v) is 28.5. The summed E-state index contributed by atoms with van der Waals surface area (Å²) < 4.78 is 20.2. The second kappa shape index (κ2) is 12.3. The fourth-order valence-corrected chi connectivity index (χ4v) is 17.9. The molecule has 7 heteroatoms. The van der Waals surface area contributed by atoms with Gasteiger partial charge in [-0.25, -0.2) is 4.79 Å². The van der Waals surface area contributed by atoms with Crippen LogP contribution in [0.1, 0.15) is 111 Å². The van der Waals surface area contributed by atoms with Gasteiger partial charge in [0.1, 0.15) is 29.5 Å². The Kier molecular flexibility index (Phi) is 10.5. The first-order chi connectivity index (χ1) is 17.5. The third-order valence-corrected chi connectivity index (χ3v) is 21.3. The molecule has 0 N–H and O–H groups in total. The van der Waals surface area contributed by atoms with Gasteiger partial charge < -0.3 is 18.4 Å². The second-order valence-electron chi connectivity index (χ2n) is 13.3. The lowest BCUT2D eigenvalue weighted by atomic mass is 9.89. The quantitative estimate of drug-likeness (QED) is 0.144. The lowest BCUT2D eigenvalue weighted by Crippen LogP contribution is -2.52. The number of carbonyl (C=O) groups is 2. The average Bonchev–Trinajstić information content (AvgIpc) is 2.80. The van der Waals surface area contributed by atoms with Crippen LogP contribution in [-0.4, -0.2) is 35.0 Å². The van der Waals surface area contributed by atoms with E-state index < -0.39 is 28.7 Å². The first-order valence-electron chi connectivity index (χ1n) is 14.7. The summed E-state index contributed by atoms with van der Waals surface area (Å²) in [6.45, 7) is 31.1. The highest BCUT2D eigenvalue weighted by Crippen LogP contribution is 2.49. The molecule has 1 aliphatic rings. The molecule has 38 heavy (non-hydrogen) atoms. The summed E-state index contributed by atoms with van der Waals surface area (Å²) in [6, 6.07) is 2.00. The van der Waals surface area contributed by atoms with Crippen LogP contribution in [0.5, 0.6) is 11.5 Å². The molecule has 2 rings (SSSR count). The van der Waals surface area contributed by atoms with Gasteiger partial charge in [0, 0.05) is 18.4 Å². The summed E-state index contributed by atoms with van der Waals surface area (Å²) in [5.41, 5.74) is 4.67. The fourth-order valence-electron chi connectivity index (χ4n) is 7.36. The van der Waals surface area contributed by atoms with Gasteiger partial charge in [-0.15, -0.1) is 0 Å². The summed E-state index contributed by atoms with van der Waals surface area (Å²) in [6.07, 6.45) is 0.872. The van der Waals surface area contributed by atoms with Crippen molar-refractivity contribution in [2.75, 3.05) is 0 Å². The molecule has 0 radical (unpaired) electrons. The maximum atomic E-state index is 13.6. The van der Waals surface area contributed by atoms with Crippen molar-refractivity contribution in [1.29, 1.82) is 0 Å². The monoisotopic (exact) mass is 562 g/mol. The van der Waals surface area contributed by atoms with E-state index >= 15 is 0 Å². The van der Waals surface area contributed by atoms with E-state index in [1.54, 1.807) is 0 Å². The Morgan fingerprint density at radius 3 is 1.53 bits per heavy atom. The summed E-state index contributed by atoms with van der Waals surface area (Å²) in [7, 11) is -4.65. The fraction of sp³-hybridized carbons (Fsp3) is 0.742. The lowest BCUT2D eigenvalue weighted by Gasteiger charge is -2.45. The smallest absolute Gasteiger partial charge is 0.342 e. The van der Waals surface area contributed by atoms with Gasteiger partial charge in [0.25, 0.3) is 16.6 Å². The Labute approximate surface area is 234 Å². The maximum Gasteiger partial charge on any atom is 0.342 e. The van der Waals surface area contributed by atoms with Crippen LogP contribution in [0.3, 0.4) is 0 Å². The van der Waals surface area contributed by atoms with Crippen molar-refractivity contribution in [2.45, 2.75) is 143 Å². The van der Waals surface area contributed by atoms with Crippen LogP contribution in [-0.2, 0) is 16.0 Å². The Hall–Kier alpha value is -1.61. The predicted octanol–water partition coefficient (Wildman–Crippen LogP) is 9.02. The molecule has 0 bridgehead atoms. The minimum absolute atomic E-state index is 0.349. The molecule has 5 nitrogen and oxygen atoms in total. The molecule has 1 aliphatic heterocycles. The van der Waals surface area contributed by atoms with E-state index in [0.29, 0.717) is 51.0 Å². The van der Waals surface area contributed by atoms with Crippen molar-refractivity contribution in [1.82, 2.24) is 0 Å². The highest BCUT2D eigenvalue weighted by molar-refractivity contribution is 6.79. The number of carbonyl (C=O) groups excluding carboxylic acids is 2. The predicted molar refractivity (Wildman–Crippen MR) is 163 cm³/mol. The lowest BCUT2D eigenvalue weighted by molar-refractivity contribution is -0.113. The van der Waals surface area contributed by atoms with E-state index in [1.165, 1.54) is 0 Å². The zero-order chi connectivity index (χ0) is 29.3. The van der Waals surface area contributed by atoms with Gasteiger partial charge >= 0.3 is 5.97 Å². The van der Waals surface area contributed by atoms with Crippen LogP contribution in [0.2, 0.25) is 33.2 Å². The minimum Gasteiger partial charge on any atom is -0.542 e. The van der Waals surface area contributed by atoms with E-state index in [2.05, 4.69) is 90.0 Å². The Bertz CT molecular complexity index is 953. The standard InChI is InChI=1S/C31H54O5Si2/c1-18(2)37(19(3)4,20(5)6)35-28-16-29(36-38(21(7)8,22(9)10)23(11)12)30-26(25(28)14)15-27(24(13)17-32)34-31(30)33/h16-24,27H,15H2,1-14H3/t24-,27-/m1/s1. The molecule has 216 valence electrons. The Morgan fingerprint density at radius 2 is 1.16 bits per heavy atom. The molecule has 0 fully saturated rings. The Balaban J connectivity index is 2.90. The van der Waals surface area contributed by atoms with Gasteiger partial charge in [-0.05, 0) is 51.3 Å². The number of hydrogen-bond donors (Lipinski definition) is 0. The molecule has 1 aromatic rings. The summed E-state index contributed by atoms with van der Waals surface area (Å²) in [5, 5.41) is 0. The van der Waals surface area contributed by atoms with E-state index in [9.17, 15) is 9.59 Å². The SMILES string of the molecule is Cc1c(O[Si](C(C)C)(C(C)C)C(C)C)cc(O[Si](C(C)C)(C(C)C)C(C)C)c2c1C[C@H]([C@H](C)C=O)OC2=O. The minimum atomic E-state index is -2.38. The largest absolute Gasteiger partial charge is 0.542 e. The van der Waals surface area contributed by atoms with E-state index in [0.717, 1.165) is 23.2 Å². The molecule has 0 spiro atoms. The van der Waals surface area contributed by atoms with E-state index in [1.807, 2.05) is 13.0 Å². The van der Waals surface area contributed by atoms with Crippen molar-refractivity contribution < 1.29 is 23.2 Å². The highest BCUT2D eigenvalue weighted by Gasteiger charge is 2.50. The number of aldehydes is 1. The van der Waals surface area contributed by atoms with Crippen molar-refractivity contribution in [3.8, 4) is 11.5 Å². The third kappa shape index (κ3) is 5.65. The van der Waals surface area contributed by atoms with Gasteiger partial charge in [0.05, 0.1) is 0 Å². The Morgan fingerprint density at radius 1 is 0.763 bits per heavy atom. The molecule has 0 unspecified atom stereocenters. The van der Waals surface area contributed by atoms with Gasteiger partial charge in [-0.3, -0.25) is 0 Å². The normalized spacial score (nSPS) is 17.5. The highest BCUT2D eigenvalue weighted by atomic mass is 28.4. The number of benzene rings is 1. The number of rotatable bonds is 12. The number of fused-ring (bicyclic) bond motifs is 1. The number of ether oxygens (including phenoxy) is 1. The van der Waals surface area contributed by atoms with E-state index in [-0.39, 0.29) is 5.92 Å². The van der Waals surface area contributed by atoms with Crippen LogP contribution >= 0.6 is 0 Å². The van der Waals surface area contributed by atoms with Crippen LogP contribution in [0, 0.1) is 12.8 Å². The number of esters is 1. The molecule has 1 heterocycles. The summed E-state index contributed by atoms with van der Waals surface area (Å²) in [5.74, 6) is 0.651. The van der Waals surface area contributed by atoms with Gasteiger partial charge in [-0.1, -0.05) is 90.0 Å². The van der Waals surface area contributed by atoms with Crippen molar-refractivity contribution >= 4 is 28.9 Å². The molecule has 0 saturated carbocycles. The second-order valence-corrected chi connectivity index (χ2v) is 24.1. The van der Waals surface area contributed by atoms with Gasteiger partial charge in [0.2, 0.25) is 0 Å². The summed E-state index contributed by atoms with van der Waals surface area (Å²) >= 11 is 0. The topological polar surface area (TPSA) is 61.8 Å². The average molecular weight is 563 g/mol. The van der Waals surface area contributed by atoms with Crippen molar-refractivity contribution in [3.63, 3.8) is 0 Å². The maximum absolute atomic E-state index is 13.6. The molecule has 2 atom stereocenters. The molecule has 0 aromatic heterocycles. The molecule has 0 amide bonds.